The third-order valence-corrected chi connectivity index (χ3v) is 5.03. The predicted octanol–water partition coefficient (Wildman–Crippen LogP) is 3.09. The molecule has 30 heavy (non-hydrogen) atoms. The molecule has 2 N–H and O–H groups in total. The first-order chi connectivity index (χ1) is 14.4. The summed E-state index contributed by atoms with van der Waals surface area (Å²) in [5.74, 6) is 2.31. The van der Waals surface area contributed by atoms with E-state index >= 15 is 0 Å². The van der Waals surface area contributed by atoms with Gasteiger partial charge in [0.1, 0.15) is 5.76 Å². The van der Waals surface area contributed by atoms with Crippen LogP contribution in [0.15, 0.2) is 46.1 Å². The molecule has 162 valence electrons. The lowest BCUT2D eigenvalue weighted by molar-refractivity contribution is 0.297. The monoisotopic (exact) mass is 412 g/mol. The molecule has 2 heterocycles. The third-order valence-electron chi connectivity index (χ3n) is 5.03. The molecule has 8 nitrogen and oxygen atoms in total. The van der Waals surface area contributed by atoms with Crippen LogP contribution in [-0.2, 0) is 7.05 Å². The van der Waals surface area contributed by atoms with Gasteiger partial charge >= 0.3 is 0 Å². The Balaban J connectivity index is 1.68. The molecule has 0 fully saturated rings. The van der Waals surface area contributed by atoms with Gasteiger partial charge in [-0.3, -0.25) is 9.67 Å². The number of likely N-dealkylation sites (N-methyl/N-ethyl adjacent to an activating group) is 1. The molecule has 0 spiro atoms. The molecule has 8 heteroatoms. The van der Waals surface area contributed by atoms with Gasteiger partial charge in [-0.2, -0.15) is 5.10 Å². The van der Waals surface area contributed by atoms with Gasteiger partial charge in [-0.25, -0.2) is 0 Å². The highest BCUT2D eigenvalue weighted by Gasteiger charge is 2.18. The van der Waals surface area contributed by atoms with Crippen molar-refractivity contribution in [3.8, 4) is 5.75 Å². The predicted molar refractivity (Wildman–Crippen MR) is 120 cm³/mol. The molecule has 0 aliphatic heterocycles. The molecule has 1 aromatic carbocycles. The van der Waals surface area contributed by atoms with Gasteiger partial charge in [0.25, 0.3) is 0 Å². The Labute approximate surface area is 177 Å². The van der Waals surface area contributed by atoms with E-state index in [1.165, 1.54) is 0 Å². The summed E-state index contributed by atoms with van der Waals surface area (Å²) in [4.78, 5) is 6.54. The zero-order chi connectivity index (χ0) is 21.7. The molecule has 0 amide bonds. The summed E-state index contributed by atoms with van der Waals surface area (Å²) in [6.45, 7) is 5.31. The summed E-state index contributed by atoms with van der Waals surface area (Å²) in [5.41, 5.74) is 1.93. The maximum absolute atomic E-state index is 6.11. The highest BCUT2D eigenvalue weighted by molar-refractivity contribution is 5.84. The molecule has 2 unspecified atom stereocenters. The van der Waals surface area contributed by atoms with Crippen molar-refractivity contribution in [3.63, 3.8) is 0 Å². The highest BCUT2D eigenvalue weighted by atomic mass is 16.5. The minimum atomic E-state index is -0.0609. The summed E-state index contributed by atoms with van der Waals surface area (Å²) >= 11 is 0. The van der Waals surface area contributed by atoms with Crippen LogP contribution in [0.5, 0.6) is 5.75 Å². The van der Waals surface area contributed by atoms with Gasteiger partial charge in [-0.1, -0.05) is 12.1 Å². The number of ether oxygens (including phenoxy) is 1. The van der Waals surface area contributed by atoms with E-state index in [2.05, 4.69) is 46.6 Å². The van der Waals surface area contributed by atoms with Crippen LogP contribution in [0.1, 0.15) is 37.3 Å². The minimum absolute atomic E-state index is 0.0609. The Morgan fingerprint density at radius 3 is 2.80 bits per heavy atom. The van der Waals surface area contributed by atoms with Crippen LogP contribution >= 0.6 is 0 Å². The van der Waals surface area contributed by atoms with E-state index in [4.69, 9.17) is 9.15 Å². The Kier molecular flexibility index (Phi) is 6.99. The van der Waals surface area contributed by atoms with Crippen LogP contribution in [-0.4, -0.2) is 54.9 Å². The van der Waals surface area contributed by atoms with Crippen LogP contribution < -0.4 is 15.4 Å². The van der Waals surface area contributed by atoms with Crippen molar-refractivity contribution < 1.29 is 9.15 Å². The molecule has 0 saturated heterocycles. The average molecular weight is 413 g/mol. The minimum Gasteiger partial charge on any atom is -0.490 e. The number of nitrogens with one attached hydrogen (secondary N) is 2. The number of benzene rings is 1. The van der Waals surface area contributed by atoms with E-state index < -0.39 is 0 Å². The van der Waals surface area contributed by atoms with Crippen molar-refractivity contribution in [2.24, 2.45) is 12.0 Å². The fourth-order valence-corrected chi connectivity index (χ4v) is 3.41. The van der Waals surface area contributed by atoms with Crippen LogP contribution in [0.3, 0.4) is 0 Å². The Morgan fingerprint density at radius 1 is 1.37 bits per heavy atom. The van der Waals surface area contributed by atoms with E-state index in [1.807, 2.05) is 55.3 Å². The molecule has 2 atom stereocenters. The summed E-state index contributed by atoms with van der Waals surface area (Å²) in [6, 6.07) is 8.09. The topological polar surface area (TPSA) is 79.8 Å². The number of furan rings is 1. The van der Waals surface area contributed by atoms with Crippen molar-refractivity contribution in [1.29, 1.82) is 0 Å². The number of aliphatic imine (C=N–C) groups is 1. The lowest BCUT2D eigenvalue weighted by Gasteiger charge is -2.25. The Bertz CT molecular complexity index is 991. The second kappa shape index (κ2) is 9.67. The number of aryl methyl sites for hydroxylation is 1. The fourth-order valence-electron chi connectivity index (χ4n) is 3.41. The number of para-hydroxylation sites is 1. The average Bonchev–Trinajstić information content (AvgIpc) is 3.34. The quantitative estimate of drug-likeness (QED) is 0.437. The van der Waals surface area contributed by atoms with Gasteiger partial charge in [0.2, 0.25) is 0 Å². The fraction of sp³-hybridized carbons (Fsp3) is 0.455. The first-order valence-electron chi connectivity index (χ1n) is 10.2. The van der Waals surface area contributed by atoms with E-state index in [1.54, 1.807) is 7.05 Å². The molecule has 2 aromatic heterocycles. The second-order valence-electron chi connectivity index (χ2n) is 7.50. The molecule has 0 radical (unpaired) electrons. The summed E-state index contributed by atoms with van der Waals surface area (Å²) in [5, 5.41) is 12.1. The highest BCUT2D eigenvalue weighted by Crippen LogP contribution is 2.31. The summed E-state index contributed by atoms with van der Waals surface area (Å²) < 4.78 is 13.6. The molecule has 3 aromatic rings. The maximum atomic E-state index is 6.11. The number of hydrogen-bond acceptors (Lipinski definition) is 5. The van der Waals surface area contributed by atoms with Gasteiger partial charge in [0.05, 0.1) is 24.9 Å². The Morgan fingerprint density at radius 2 is 2.17 bits per heavy atom. The van der Waals surface area contributed by atoms with E-state index in [0.29, 0.717) is 19.1 Å². The van der Waals surface area contributed by atoms with Crippen molar-refractivity contribution in [3.05, 3.63) is 48.0 Å². The molecule has 0 aliphatic carbocycles. The van der Waals surface area contributed by atoms with E-state index in [0.717, 1.165) is 28.0 Å². The number of nitrogens with zero attached hydrogens (tertiary/aromatic N) is 4. The zero-order valence-corrected chi connectivity index (χ0v) is 18.6. The first-order valence-corrected chi connectivity index (χ1v) is 10.2. The lowest BCUT2D eigenvalue weighted by Crippen LogP contribution is -2.42. The Hall–Kier alpha value is -3.00. The maximum Gasteiger partial charge on any atom is 0.191 e. The zero-order valence-electron chi connectivity index (χ0n) is 18.6. The van der Waals surface area contributed by atoms with Crippen LogP contribution in [0.2, 0.25) is 0 Å². The van der Waals surface area contributed by atoms with Gasteiger partial charge in [-0.15, -0.1) is 0 Å². The summed E-state index contributed by atoms with van der Waals surface area (Å²) in [7, 11) is 7.81. The number of hydrogen-bond donors (Lipinski definition) is 2. The number of fused-ring (bicyclic) bond motifs is 1. The number of guanidine groups is 1. The van der Waals surface area contributed by atoms with Crippen molar-refractivity contribution in [1.82, 2.24) is 25.3 Å². The molecule has 3 rings (SSSR count). The van der Waals surface area contributed by atoms with E-state index in [-0.39, 0.29) is 12.1 Å². The SMILES string of the molecule is CCOc1cccc2cc(C(C)NC(=NC)NCC(c3cnn(C)c3)N(C)C)oc12. The van der Waals surface area contributed by atoms with E-state index in [9.17, 15) is 0 Å². The summed E-state index contributed by atoms with van der Waals surface area (Å²) in [6.07, 6.45) is 3.94. The van der Waals surface area contributed by atoms with Gasteiger partial charge in [0, 0.05) is 37.8 Å². The number of rotatable bonds is 8. The van der Waals surface area contributed by atoms with Crippen molar-refractivity contribution in [2.45, 2.75) is 25.9 Å². The lowest BCUT2D eigenvalue weighted by atomic mass is 10.1. The van der Waals surface area contributed by atoms with Crippen LogP contribution in [0.4, 0.5) is 0 Å². The molecular formula is C22H32N6O2. The smallest absolute Gasteiger partial charge is 0.191 e. The van der Waals surface area contributed by atoms with Gasteiger partial charge in [-0.05, 0) is 40.1 Å². The molecule has 0 aliphatic rings. The molecular weight excluding hydrogens is 380 g/mol. The van der Waals surface area contributed by atoms with Gasteiger partial charge < -0.3 is 24.7 Å². The molecule has 0 saturated carbocycles. The largest absolute Gasteiger partial charge is 0.490 e. The first kappa shape index (κ1) is 21.7. The van der Waals surface area contributed by atoms with Crippen molar-refractivity contribution in [2.75, 3.05) is 34.3 Å². The standard InChI is InChI=1S/C22H32N6O2/c1-7-29-19-10-8-9-16-11-20(30-21(16)19)15(2)26-22(23-3)24-13-18(27(4)5)17-12-25-28(6)14-17/h8-12,14-15,18H,7,13H2,1-6H3,(H2,23,24,26). The van der Waals surface area contributed by atoms with Crippen LogP contribution in [0, 0.1) is 0 Å². The third kappa shape index (κ3) is 4.94. The number of aromatic nitrogens is 2. The normalized spacial score (nSPS) is 14.2. The second-order valence-corrected chi connectivity index (χ2v) is 7.50. The van der Waals surface area contributed by atoms with Crippen molar-refractivity contribution >= 4 is 16.9 Å². The van der Waals surface area contributed by atoms with Crippen LogP contribution in [0.25, 0.3) is 11.0 Å². The molecule has 0 bridgehead atoms. The van der Waals surface area contributed by atoms with Gasteiger partial charge in [0.15, 0.2) is 17.3 Å².